The van der Waals surface area contributed by atoms with E-state index in [-0.39, 0.29) is 23.5 Å². The van der Waals surface area contributed by atoms with Crippen LogP contribution in [0.4, 0.5) is 10.1 Å². The molecule has 3 amide bonds. The number of benzene rings is 3. The first kappa shape index (κ1) is 23.5. The summed E-state index contributed by atoms with van der Waals surface area (Å²) < 4.78 is 13.4. The van der Waals surface area contributed by atoms with Gasteiger partial charge in [0.25, 0.3) is 11.8 Å². The molecule has 0 radical (unpaired) electrons. The van der Waals surface area contributed by atoms with Crippen LogP contribution in [0.3, 0.4) is 0 Å². The molecule has 2 heterocycles. The Kier molecular flexibility index (Phi) is 6.41. The summed E-state index contributed by atoms with van der Waals surface area (Å²) in [6.45, 7) is 3.89. The highest BCUT2D eigenvalue weighted by Crippen LogP contribution is 2.35. The van der Waals surface area contributed by atoms with E-state index in [1.165, 1.54) is 19.1 Å². The Hall–Kier alpha value is -4.20. The normalized spacial score (nSPS) is 17.2. The quantitative estimate of drug-likeness (QED) is 0.594. The van der Waals surface area contributed by atoms with E-state index in [0.29, 0.717) is 49.5 Å². The maximum atomic E-state index is 13.4. The first-order valence-electron chi connectivity index (χ1n) is 12.0. The fourth-order valence-corrected chi connectivity index (χ4v) is 4.78. The van der Waals surface area contributed by atoms with E-state index in [2.05, 4.69) is 5.32 Å². The topological polar surface area (TPSA) is 73.0 Å². The van der Waals surface area contributed by atoms with Crippen molar-refractivity contribution in [2.45, 2.75) is 19.6 Å². The molecule has 0 aliphatic carbocycles. The van der Waals surface area contributed by atoms with Crippen LogP contribution in [0.1, 0.15) is 44.9 Å². The monoisotopic (exact) mass is 486 g/mol. The van der Waals surface area contributed by atoms with Gasteiger partial charge in [-0.25, -0.2) is 4.39 Å². The van der Waals surface area contributed by atoms with Crippen LogP contribution in [0, 0.1) is 5.82 Å². The van der Waals surface area contributed by atoms with Gasteiger partial charge in [-0.1, -0.05) is 36.4 Å². The standard InChI is InChI=1S/C28H27FN4O3/c1-19(34)31-13-15-32(16-14-31)27(35)21-5-4-6-23(17-21)30-26-24-7-2-3-8-25(24)28(36)33(26)18-20-9-11-22(29)12-10-20/h2-12,17,26,30H,13-16,18H2,1H3. The summed E-state index contributed by atoms with van der Waals surface area (Å²) in [4.78, 5) is 43.2. The lowest BCUT2D eigenvalue weighted by Crippen LogP contribution is -2.50. The Morgan fingerprint density at radius 1 is 0.917 bits per heavy atom. The van der Waals surface area contributed by atoms with Crippen LogP contribution in [0.2, 0.25) is 0 Å². The molecule has 8 heteroatoms. The molecule has 1 N–H and O–H groups in total. The first-order valence-corrected chi connectivity index (χ1v) is 12.0. The molecule has 1 saturated heterocycles. The van der Waals surface area contributed by atoms with Crippen LogP contribution < -0.4 is 5.32 Å². The number of amides is 3. The van der Waals surface area contributed by atoms with Crippen molar-refractivity contribution in [3.8, 4) is 0 Å². The predicted octanol–water partition coefficient (Wildman–Crippen LogP) is 3.90. The van der Waals surface area contributed by atoms with Crippen molar-refractivity contribution in [1.82, 2.24) is 14.7 Å². The van der Waals surface area contributed by atoms with E-state index in [1.807, 2.05) is 30.3 Å². The van der Waals surface area contributed by atoms with Crippen molar-refractivity contribution >= 4 is 23.4 Å². The van der Waals surface area contributed by atoms with Gasteiger partial charge in [-0.3, -0.25) is 14.4 Å². The molecule has 0 spiro atoms. The van der Waals surface area contributed by atoms with Crippen molar-refractivity contribution in [3.05, 3.63) is 101 Å². The molecular weight excluding hydrogens is 459 g/mol. The van der Waals surface area contributed by atoms with E-state index in [9.17, 15) is 18.8 Å². The minimum Gasteiger partial charge on any atom is -0.361 e. The number of anilines is 1. The van der Waals surface area contributed by atoms with Crippen molar-refractivity contribution < 1.29 is 18.8 Å². The van der Waals surface area contributed by atoms with Crippen LogP contribution in [-0.4, -0.2) is 58.6 Å². The minimum atomic E-state index is -0.441. The number of carbonyl (C=O) groups excluding carboxylic acids is 3. The SMILES string of the molecule is CC(=O)N1CCN(C(=O)c2cccc(NC3c4ccccc4C(=O)N3Cc3ccc(F)cc3)c2)CC1. The molecule has 1 unspecified atom stereocenters. The third kappa shape index (κ3) is 4.66. The molecule has 1 atom stereocenters. The molecule has 1 fully saturated rings. The van der Waals surface area contributed by atoms with Gasteiger partial charge in [-0.15, -0.1) is 0 Å². The maximum Gasteiger partial charge on any atom is 0.256 e. The summed E-state index contributed by atoms with van der Waals surface area (Å²) in [6.07, 6.45) is -0.441. The van der Waals surface area contributed by atoms with Crippen molar-refractivity contribution in [1.29, 1.82) is 0 Å². The smallest absolute Gasteiger partial charge is 0.256 e. The molecule has 3 aromatic rings. The highest BCUT2D eigenvalue weighted by Gasteiger charge is 2.36. The van der Waals surface area contributed by atoms with Gasteiger partial charge in [0.05, 0.1) is 0 Å². The lowest BCUT2D eigenvalue weighted by Gasteiger charge is -2.34. The molecule has 0 saturated carbocycles. The second-order valence-corrected chi connectivity index (χ2v) is 9.07. The van der Waals surface area contributed by atoms with Gasteiger partial charge in [0.15, 0.2) is 0 Å². The Balaban J connectivity index is 1.36. The summed E-state index contributed by atoms with van der Waals surface area (Å²) in [6, 6.07) is 20.8. The summed E-state index contributed by atoms with van der Waals surface area (Å²) in [5.74, 6) is -0.505. The minimum absolute atomic E-state index is 0.0184. The van der Waals surface area contributed by atoms with Gasteiger partial charge in [0.1, 0.15) is 12.0 Å². The molecule has 36 heavy (non-hydrogen) atoms. The molecule has 5 rings (SSSR count). The summed E-state index contributed by atoms with van der Waals surface area (Å²) in [7, 11) is 0. The van der Waals surface area contributed by atoms with E-state index < -0.39 is 6.17 Å². The van der Waals surface area contributed by atoms with Crippen molar-refractivity contribution in [2.75, 3.05) is 31.5 Å². The molecule has 3 aromatic carbocycles. The molecule has 2 aliphatic rings. The molecule has 0 aromatic heterocycles. The number of hydrogen-bond acceptors (Lipinski definition) is 4. The lowest BCUT2D eigenvalue weighted by molar-refractivity contribution is -0.130. The van der Waals surface area contributed by atoms with Gasteiger partial charge in [0.2, 0.25) is 5.91 Å². The van der Waals surface area contributed by atoms with Crippen LogP contribution in [0.25, 0.3) is 0 Å². The number of rotatable bonds is 5. The zero-order valence-electron chi connectivity index (χ0n) is 20.0. The summed E-state index contributed by atoms with van der Waals surface area (Å²) in [5.41, 5.74) is 3.54. The van der Waals surface area contributed by atoms with E-state index in [1.54, 1.807) is 45.0 Å². The van der Waals surface area contributed by atoms with Gasteiger partial charge in [-0.2, -0.15) is 0 Å². The van der Waals surface area contributed by atoms with Gasteiger partial charge in [0, 0.05) is 62.0 Å². The average molecular weight is 487 g/mol. The second-order valence-electron chi connectivity index (χ2n) is 9.07. The van der Waals surface area contributed by atoms with Crippen LogP contribution in [0.5, 0.6) is 0 Å². The number of piperazine rings is 1. The lowest BCUT2D eigenvalue weighted by atomic mass is 10.1. The summed E-state index contributed by atoms with van der Waals surface area (Å²) >= 11 is 0. The predicted molar refractivity (Wildman–Crippen MR) is 134 cm³/mol. The maximum absolute atomic E-state index is 13.4. The van der Waals surface area contributed by atoms with Gasteiger partial charge >= 0.3 is 0 Å². The fraction of sp³-hybridized carbons (Fsp3) is 0.250. The Morgan fingerprint density at radius 2 is 1.61 bits per heavy atom. The fourth-order valence-electron chi connectivity index (χ4n) is 4.78. The number of nitrogens with zero attached hydrogens (tertiary/aromatic N) is 3. The number of fused-ring (bicyclic) bond motifs is 1. The molecule has 7 nitrogen and oxygen atoms in total. The number of carbonyl (C=O) groups is 3. The molecule has 0 bridgehead atoms. The second kappa shape index (κ2) is 9.81. The first-order chi connectivity index (χ1) is 17.4. The zero-order chi connectivity index (χ0) is 25.2. The number of nitrogens with one attached hydrogen (secondary N) is 1. The zero-order valence-corrected chi connectivity index (χ0v) is 20.0. The van der Waals surface area contributed by atoms with Crippen LogP contribution >= 0.6 is 0 Å². The molecule has 184 valence electrons. The Labute approximate surface area is 209 Å². The highest BCUT2D eigenvalue weighted by molar-refractivity contribution is 5.99. The van der Waals surface area contributed by atoms with Crippen LogP contribution in [-0.2, 0) is 11.3 Å². The number of hydrogen-bond donors (Lipinski definition) is 1. The highest BCUT2D eigenvalue weighted by atomic mass is 19.1. The summed E-state index contributed by atoms with van der Waals surface area (Å²) in [5, 5.41) is 3.44. The van der Waals surface area contributed by atoms with Crippen LogP contribution in [0.15, 0.2) is 72.8 Å². The van der Waals surface area contributed by atoms with Gasteiger partial charge in [-0.05, 0) is 42.0 Å². The largest absolute Gasteiger partial charge is 0.361 e. The average Bonchev–Trinajstić information content (AvgIpc) is 3.16. The van der Waals surface area contributed by atoms with E-state index >= 15 is 0 Å². The molecular formula is C28H27FN4O3. The third-order valence-corrected chi connectivity index (χ3v) is 6.75. The van der Waals surface area contributed by atoms with Crippen molar-refractivity contribution in [3.63, 3.8) is 0 Å². The van der Waals surface area contributed by atoms with Crippen molar-refractivity contribution in [2.24, 2.45) is 0 Å². The Morgan fingerprint density at radius 3 is 2.33 bits per heavy atom. The Bertz CT molecular complexity index is 1300. The third-order valence-electron chi connectivity index (χ3n) is 6.75. The van der Waals surface area contributed by atoms with E-state index in [0.717, 1.165) is 11.1 Å². The number of halogens is 1. The van der Waals surface area contributed by atoms with E-state index in [4.69, 9.17) is 0 Å². The van der Waals surface area contributed by atoms with Gasteiger partial charge < -0.3 is 20.0 Å². The molecule has 2 aliphatic heterocycles.